The van der Waals surface area contributed by atoms with Crippen LogP contribution < -0.4 is 0 Å². The minimum Gasteiger partial charge on any atom is -0.505 e. The van der Waals surface area contributed by atoms with E-state index in [1.807, 2.05) is 26.0 Å². The summed E-state index contributed by atoms with van der Waals surface area (Å²) in [5.74, 6) is -0.839. The average molecular weight is 490 g/mol. The average Bonchev–Trinajstić information content (AvgIpc) is 3.09. The molecule has 6 nitrogen and oxygen atoms in total. The van der Waals surface area contributed by atoms with Gasteiger partial charge in [0.2, 0.25) is 0 Å². The Morgan fingerprint density at radius 3 is 2.52 bits per heavy atom. The van der Waals surface area contributed by atoms with Gasteiger partial charge in [-0.1, -0.05) is 44.4 Å². The van der Waals surface area contributed by atoms with E-state index in [2.05, 4.69) is 45.8 Å². The molecule has 0 radical (unpaired) electrons. The number of hydrogen-bond donors (Lipinski definition) is 1. The molecule has 0 aliphatic carbocycles. The van der Waals surface area contributed by atoms with E-state index in [9.17, 15) is 9.90 Å². The summed E-state index contributed by atoms with van der Waals surface area (Å²) in [5.41, 5.74) is 3.42. The number of halogens is 1. The number of carbonyl (C=O) groups is 1. The number of esters is 1. The molecule has 0 fully saturated rings. The van der Waals surface area contributed by atoms with Gasteiger partial charge in [0.05, 0.1) is 12.3 Å². The van der Waals surface area contributed by atoms with Gasteiger partial charge < -0.3 is 9.84 Å². The van der Waals surface area contributed by atoms with Crippen molar-refractivity contribution in [1.82, 2.24) is 9.55 Å². The highest BCUT2D eigenvalue weighted by molar-refractivity contribution is 9.10. The summed E-state index contributed by atoms with van der Waals surface area (Å²) in [6.45, 7) is 10.2. The van der Waals surface area contributed by atoms with E-state index in [0.717, 1.165) is 42.5 Å². The van der Waals surface area contributed by atoms with Gasteiger partial charge in [0.25, 0.3) is 0 Å². The van der Waals surface area contributed by atoms with Gasteiger partial charge in [-0.05, 0) is 61.2 Å². The molecule has 0 amide bonds. The van der Waals surface area contributed by atoms with Gasteiger partial charge in [0.1, 0.15) is 22.2 Å². The zero-order valence-corrected chi connectivity index (χ0v) is 20.6. The Hall–Kier alpha value is -2.41. The van der Waals surface area contributed by atoms with Crippen LogP contribution in [0.15, 0.2) is 39.7 Å². The highest BCUT2D eigenvalue weighted by Gasteiger charge is 2.23. The van der Waals surface area contributed by atoms with E-state index < -0.39 is 5.97 Å². The van der Waals surface area contributed by atoms with Gasteiger partial charge in [0.15, 0.2) is 5.76 Å². The Balaban J connectivity index is 2.61. The quantitative estimate of drug-likeness (QED) is 0.188. The molecule has 1 N–H and O–H groups in total. The molecule has 0 unspecified atom stereocenters. The number of rotatable bonds is 10. The monoisotopic (exact) mass is 489 g/mol. The molecule has 7 heteroatoms. The molecule has 2 rings (SSSR count). The molecule has 1 aromatic carbocycles. The number of benzene rings is 1. The summed E-state index contributed by atoms with van der Waals surface area (Å²) in [6.07, 6.45) is 6.91. The van der Waals surface area contributed by atoms with Crippen molar-refractivity contribution >= 4 is 33.9 Å². The van der Waals surface area contributed by atoms with Crippen molar-refractivity contribution in [2.45, 2.75) is 66.3 Å². The second kappa shape index (κ2) is 11.8. The third kappa shape index (κ3) is 6.29. The van der Waals surface area contributed by atoms with Gasteiger partial charge in [-0.2, -0.15) is 0 Å². The number of aliphatic hydroxyl groups is 1. The predicted molar refractivity (Wildman–Crippen MR) is 129 cm³/mol. The normalized spacial score (nSPS) is 12.5. The number of imidazole rings is 1. The lowest BCUT2D eigenvalue weighted by Gasteiger charge is -2.14. The Labute approximate surface area is 193 Å². The first-order valence-corrected chi connectivity index (χ1v) is 11.6. The Morgan fingerprint density at radius 1 is 1.26 bits per heavy atom. The lowest BCUT2D eigenvalue weighted by atomic mass is 10.1. The Morgan fingerprint density at radius 2 is 1.94 bits per heavy atom. The third-order valence-corrected chi connectivity index (χ3v) is 5.55. The van der Waals surface area contributed by atoms with Crippen LogP contribution in [-0.4, -0.2) is 39.5 Å². The number of aliphatic hydroxyl groups excluding tert-OH is 1. The van der Waals surface area contributed by atoms with Crippen LogP contribution in [0.3, 0.4) is 0 Å². The molecule has 0 saturated heterocycles. The molecule has 0 bridgehead atoms. The summed E-state index contributed by atoms with van der Waals surface area (Å²) in [7, 11) is 0. The summed E-state index contributed by atoms with van der Waals surface area (Å²) in [6, 6.07) is 6.11. The fraction of sp³-hybridized carbons (Fsp3) is 0.458. The standard InChI is InChI=1S/C24H32BrN3O3/c1-6-9-18(10-7-2)26-14-19(24(30)31-8-3)22(29)21-23(25)27-15-28(21)20-12-11-16(4)13-17(20)5/h11-15,18,29H,6-10H2,1-5H3. The summed E-state index contributed by atoms with van der Waals surface area (Å²) in [5, 5.41) is 11.2. The molecule has 1 heterocycles. The van der Waals surface area contributed by atoms with Crippen molar-refractivity contribution in [1.29, 1.82) is 0 Å². The highest BCUT2D eigenvalue weighted by Crippen LogP contribution is 2.29. The number of aromatic nitrogens is 2. The van der Waals surface area contributed by atoms with Crippen LogP contribution in [-0.2, 0) is 9.53 Å². The van der Waals surface area contributed by atoms with E-state index in [4.69, 9.17) is 4.74 Å². The maximum atomic E-state index is 12.7. The molecule has 2 aromatic rings. The SMILES string of the molecule is CCCC(CCC)N=CC(C(=O)OCC)=C(O)c1c(Br)ncn1-c1ccc(C)cc1C. The van der Waals surface area contributed by atoms with Crippen LogP contribution >= 0.6 is 15.9 Å². The summed E-state index contributed by atoms with van der Waals surface area (Å²) >= 11 is 3.42. The van der Waals surface area contributed by atoms with Crippen LogP contribution in [0, 0.1) is 13.8 Å². The minimum atomic E-state index is -0.615. The van der Waals surface area contributed by atoms with Gasteiger partial charge in [-0.3, -0.25) is 9.56 Å². The first-order valence-electron chi connectivity index (χ1n) is 10.8. The summed E-state index contributed by atoms with van der Waals surface area (Å²) < 4.78 is 7.40. The van der Waals surface area contributed by atoms with Crippen molar-refractivity contribution in [3.8, 4) is 5.69 Å². The topological polar surface area (TPSA) is 76.7 Å². The van der Waals surface area contributed by atoms with Crippen LogP contribution in [0.5, 0.6) is 0 Å². The second-order valence-corrected chi connectivity index (χ2v) is 8.29. The zero-order chi connectivity index (χ0) is 23.0. The number of nitrogens with zero attached hydrogens (tertiary/aromatic N) is 3. The fourth-order valence-electron chi connectivity index (χ4n) is 3.48. The Kier molecular flexibility index (Phi) is 9.49. The maximum absolute atomic E-state index is 12.7. The Bertz CT molecular complexity index is 957. The molecule has 0 saturated carbocycles. The van der Waals surface area contributed by atoms with Crippen LogP contribution in [0.4, 0.5) is 0 Å². The first kappa shape index (κ1) is 24.9. The second-order valence-electron chi connectivity index (χ2n) is 7.54. The number of aryl methyl sites for hydroxylation is 2. The van der Waals surface area contributed by atoms with E-state index in [1.165, 1.54) is 6.21 Å². The minimum absolute atomic E-state index is 0.0197. The number of carbonyl (C=O) groups excluding carboxylic acids is 1. The number of ether oxygens (including phenoxy) is 1. The van der Waals surface area contributed by atoms with Crippen molar-refractivity contribution in [2.24, 2.45) is 4.99 Å². The predicted octanol–water partition coefficient (Wildman–Crippen LogP) is 6.12. The third-order valence-electron chi connectivity index (χ3n) is 4.97. The van der Waals surface area contributed by atoms with Crippen molar-refractivity contribution in [3.05, 3.63) is 51.5 Å². The van der Waals surface area contributed by atoms with Crippen LogP contribution in [0.2, 0.25) is 0 Å². The maximum Gasteiger partial charge on any atom is 0.343 e. The molecule has 0 atom stereocenters. The van der Waals surface area contributed by atoms with E-state index in [-0.39, 0.29) is 24.0 Å². The molecule has 1 aromatic heterocycles. The van der Waals surface area contributed by atoms with Crippen LogP contribution in [0.1, 0.15) is 63.3 Å². The molecule has 0 aliphatic rings. The molecule has 168 valence electrons. The number of aliphatic imine (C=N–C) groups is 1. The molecular weight excluding hydrogens is 458 g/mol. The molecule has 31 heavy (non-hydrogen) atoms. The van der Waals surface area contributed by atoms with Gasteiger partial charge in [0, 0.05) is 12.3 Å². The van der Waals surface area contributed by atoms with Crippen molar-refractivity contribution < 1.29 is 14.6 Å². The highest BCUT2D eigenvalue weighted by atomic mass is 79.9. The van der Waals surface area contributed by atoms with Gasteiger partial charge in [-0.25, -0.2) is 9.78 Å². The van der Waals surface area contributed by atoms with E-state index in [0.29, 0.717) is 10.3 Å². The smallest absolute Gasteiger partial charge is 0.343 e. The van der Waals surface area contributed by atoms with E-state index >= 15 is 0 Å². The zero-order valence-electron chi connectivity index (χ0n) is 19.0. The molecule has 0 spiro atoms. The number of hydrogen-bond acceptors (Lipinski definition) is 5. The largest absolute Gasteiger partial charge is 0.505 e. The van der Waals surface area contributed by atoms with Gasteiger partial charge >= 0.3 is 5.97 Å². The van der Waals surface area contributed by atoms with Gasteiger partial charge in [-0.15, -0.1) is 0 Å². The van der Waals surface area contributed by atoms with Crippen molar-refractivity contribution in [3.63, 3.8) is 0 Å². The molecular formula is C24H32BrN3O3. The summed E-state index contributed by atoms with van der Waals surface area (Å²) in [4.78, 5) is 21.6. The first-order chi connectivity index (χ1) is 14.8. The van der Waals surface area contributed by atoms with E-state index in [1.54, 1.807) is 17.8 Å². The lowest BCUT2D eigenvalue weighted by molar-refractivity contribution is -0.137. The van der Waals surface area contributed by atoms with Crippen molar-refractivity contribution in [2.75, 3.05) is 6.61 Å². The fourth-order valence-corrected chi connectivity index (χ4v) is 3.95. The van der Waals surface area contributed by atoms with Crippen LogP contribution in [0.25, 0.3) is 11.4 Å². The lowest BCUT2D eigenvalue weighted by Crippen LogP contribution is -2.14. The molecule has 0 aliphatic heterocycles.